The number of aliphatic hydroxyl groups is 1. The summed E-state index contributed by atoms with van der Waals surface area (Å²) in [4.78, 5) is 14.5. The summed E-state index contributed by atoms with van der Waals surface area (Å²) in [5.41, 5.74) is 6.03. The van der Waals surface area contributed by atoms with Crippen molar-refractivity contribution < 1.29 is 9.90 Å². The molecule has 2 aromatic rings. The molecule has 0 amide bonds. The molecular weight excluding hydrogens is 252 g/mol. The molecule has 0 spiro atoms. The van der Waals surface area contributed by atoms with Crippen LogP contribution in [0.2, 0.25) is 0 Å². The Balaban J connectivity index is 2.13. The Labute approximate surface area is 116 Å². The zero-order valence-corrected chi connectivity index (χ0v) is 11.0. The summed E-state index contributed by atoms with van der Waals surface area (Å²) in [7, 11) is 1.77. The van der Waals surface area contributed by atoms with Crippen LogP contribution < -0.4 is 10.6 Å². The summed E-state index contributed by atoms with van der Waals surface area (Å²) in [6.07, 6.45) is 0. The molecule has 0 bridgehead atoms. The van der Waals surface area contributed by atoms with Crippen LogP contribution in [0.15, 0.2) is 48.5 Å². The number of para-hydroxylation sites is 1. The Morgan fingerprint density at radius 3 is 2.40 bits per heavy atom. The van der Waals surface area contributed by atoms with Gasteiger partial charge in [-0.25, -0.2) is 0 Å². The number of ketones is 1. The van der Waals surface area contributed by atoms with Crippen LogP contribution in [0.3, 0.4) is 0 Å². The van der Waals surface area contributed by atoms with E-state index in [0.717, 1.165) is 5.69 Å². The van der Waals surface area contributed by atoms with Crippen molar-refractivity contribution in [2.75, 3.05) is 11.9 Å². The summed E-state index contributed by atoms with van der Waals surface area (Å²) in [6.45, 7) is 0. The fraction of sp³-hybridized carbons (Fsp3) is 0.188. The summed E-state index contributed by atoms with van der Waals surface area (Å²) >= 11 is 0. The lowest BCUT2D eigenvalue weighted by Gasteiger charge is -2.37. The van der Waals surface area contributed by atoms with Crippen molar-refractivity contribution in [2.24, 2.45) is 5.73 Å². The molecule has 3 N–H and O–H groups in total. The maximum Gasteiger partial charge on any atom is 0.195 e. The number of hydrogen-bond acceptors (Lipinski definition) is 4. The maximum atomic E-state index is 12.8. The highest BCUT2D eigenvalue weighted by atomic mass is 16.3. The van der Waals surface area contributed by atoms with Gasteiger partial charge < -0.3 is 15.7 Å². The molecule has 100 valence electrons. The summed E-state index contributed by atoms with van der Waals surface area (Å²) in [6, 6.07) is 14.5. The SMILES string of the molecule is CN1c2ccccc2C2(N)C(=O)c3ccccc3C12O. The lowest BCUT2D eigenvalue weighted by molar-refractivity contribution is -0.0110. The van der Waals surface area contributed by atoms with Gasteiger partial charge in [-0.2, -0.15) is 0 Å². The molecule has 4 nitrogen and oxygen atoms in total. The lowest BCUT2D eigenvalue weighted by Crippen LogP contribution is -2.59. The number of carbonyl (C=O) groups excluding carboxylic acids is 1. The van der Waals surface area contributed by atoms with Gasteiger partial charge in [-0.1, -0.05) is 42.5 Å². The number of fused-ring (bicyclic) bond motifs is 5. The van der Waals surface area contributed by atoms with Crippen LogP contribution in [0.1, 0.15) is 21.5 Å². The van der Waals surface area contributed by atoms with Crippen LogP contribution in [-0.4, -0.2) is 17.9 Å². The van der Waals surface area contributed by atoms with Crippen LogP contribution in [0, 0.1) is 0 Å². The highest BCUT2D eigenvalue weighted by Crippen LogP contribution is 2.57. The van der Waals surface area contributed by atoms with Crippen molar-refractivity contribution in [1.82, 2.24) is 0 Å². The minimum absolute atomic E-state index is 0.229. The first kappa shape index (κ1) is 11.6. The van der Waals surface area contributed by atoms with Crippen molar-refractivity contribution in [3.05, 3.63) is 65.2 Å². The Morgan fingerprint density at radius 2 is 1.65 bits per heavy atom. The number of anilines is 1. The van der Waals surface area contributed by atoms with Crippen molar-refractivity contribution in [3.8, 4) is 0 Å². The molecule has 0 saturated carbocycles. The second kappa shape index (κ2) is 3.29. The highest BCUT2D eigenvalue weighted by molar-refractivity contribution is 6.12. The van der Waals surface area contributed by atoms with Gasteiger partial charge in [-0.3, -0.25) is 4.79 Å². The van der Waals surface area contributed by atoms with Gasteiger partial charge in [0.05, 0.1) is 0 Å². The van der Waals surface area contributed by atoms with Gasteiger partial charge in [0.15, 0.2) is 17.0 Å². The van der Waals surface area contributed by atoms with E-state index in [0.29, 0.717) is 16.7 Å². The molecule has 1 heterocycles. The molecule has 4 rings (SSSR count). The molecular formula is C16H14N2O2. The van der Waals surface area contributed by atoms with Crippen LogP contribution in [0.4, 0.5) is 5.69 Å². The first-order valence-electron chi connectivity index (χ1n) is 6.52. The Hall–Kier alpha value is -2.17. The Bertz CT molecular complexity index is 758. The minimum atomic E-state index is -1.52. The van der Waals surface area contributed by atoms with Gasteiger partial charge in [0, 0.05) is 29.4 Å². The molecule has 0 radical (unpaired) electrons. The van der Waals surface area contributed by atoms with Crippen molar-refractivity contribution in [1.29, 1.82) is 0 Å². The summed E-state index contributed by atoms with van der Waals surface area (Å²) < 4.78 is 0. The second-order valence-electron chi connectivity index (χ2n) is 5.43. The van der Waals surface area contributed by atoms with Crippen molar-refractivity contribution >= 4 is 11.5 Å². The standard InChI is InChI=1S/C16H14N2O2/c1-18-13-9-5-4-8-12(13)15(17)14(19)10-6-2-3-7-11(10)16(15,18)20/h2-9,20H,17H2,1H3. The predicted molar refractivity (Wildman–Crippen MR) is 75.4 cm³/mol. The predicted octanol–water partition coefficient (Wildman–Crippen LogP) is 1.33. The van der Waals surface area contributed by atoms with Crippen molar-refractivity contribution in [2.45, 2.75) is 11.3 Å². The van der Waals surface area contributed by atoms with E-state index < -0.39 is 11.3 Å². The largest absolute Gasteiger partial charge is 0.365 e. The second-order valence-corrected chi connectivity index (χ2v) is 5.43. The molecule has 0 saturated heterocycles. The van der Waals surface area contributed by atoms with E-state index in [1.165, 1.54) is 0 Å². The van der Waals surface area contributed by atoms with E-state index in [9.17, 15) is 9.90 Å². The van der Waals surface area contributed by atoms with E-state index in [1.807, 2.05) is 30.3 Å². The van der Waals surface area contributed by atoms with Gasteiger partial charge >= 0.3 is 0 Å². The number of rotatable bonds is 0. The molecule has 1 aliphatic heterocycles. The van der Waals surface area contributed by atoms with Gasteiger partial charge in [0.2, 0.25) is 0 Å². The minimum Gasteiger partial charge on any atom is -0.365 e. The number of likely N-dealkylation sites (N-methyl/N-ethyl adjacent to an activating group) is 1. The number of nitrogens with zero attached hydrogens (tertiary/aromatic N) is 1. The van der Waals surface area contributed by atoms with E-state index in [4.69, 9.17) is 5.73 Å². The van der Waals surface area contributed by atoms with Gasteiger partial charge in [-0.15, -0.1) is 0 Å². The normalized spacial score (nSPS) is 30.1. The van der Waals surface area contributed by atoms with Crippen molar-refractivity contribution in [3.63, 3.8) is 0 Å². The van der Waals surface area contributed by atoms with Crippen LogP contribution in [0.5, 0.6) is 0 Å². The molecule has 0 aromatic heterocycles. The van der Waals surface area contributed by atoms with E-state index in [1.54, 1.807) is 30.1 Å². The number of carbonyl (C=O) groups is 1. The maximum absolute atomic E-state index is 12.8. The molecule has 4 heteroatoms. The zero-order chi connectivity index (χ0) is 14.1. The fourth-order valence-corrected chi connectivity index (χ4v) is 3.60. The van der Waals surface area contributed by atoms with Crippen LogP contribution >= 0.6 is 0 Å². The number of benzene rings is 2. The Kier molecular flexibility index (Phi) is 1.91. The quantitative estimate of drug-likeness (QED) is 0.755. The molecule has 2 aliphatic rings. The number of Topliss-reactive ketones (excluding diaryl/α,β-unsaturated/α-hetero) is 1. The smallest absolute Gasteiger partial charge is 0.195 e. The third kappa shape index (κ3) is 0.941. The van der Waals surface area contributed by atoms with Gasteiger partial charge in [0.25, 0.3) is 0 Å². The molecule has 1 aliphatic carbocycles. The zero-order valence-electron chi connectivity index (χ0n) is 11.0. The van der Waals surface area contributed by atoms with E-state index in [2.05, 4.69) is 0 Å². The molecule has 2 unspecified atom stereocenters. The first-order chi connectivity index (χ1) is 9.53. The number of nitrogens with two attached hydrogens (primary N) is 1. The highest BCUT2D eigenvalue weighted by Gasteiger charge is 2.68. The van der Waals surface area contributed by atoms with E-state index >= 15 is 0 Å². The molecule has 20 heavy (non-hydrogen) atoms. The third-order valence-electron chi connectivity index (χ3n) is 4.63. The number of hydrogen-bond donors (Lipinski definition) is 2. The topological polar surface area (TPSA) is 66.6 Å². The summed E-state index contributed by atoms with van der Waals surface area (Å²) in [5.74, 6) is -0.229. The van der Waals surface area contributed by atoms with Gasteiger partial charge in [-0.05, 0) is 6.07 Å². The average Bonchev–Trinajstić information content (AvgIpc) is 2.78. The van der Waals surface area contributed by atoms with Gasteiger partial charge in [0.1, 0.15) is 0 Å². The van der Waals surface area contributed by atoms with E-state index in [-0.39, 0.29) is 5.78 Å². The third-order valence-corrected chi connectivity index (χ3v) is 4.63. The molecule has 2 aromatic carbocycles. The average molecular weight is 266 g/mol. The molecule has 2 atom stereocenters. The monoisotopic (exact) mass is 266 g/mol. The van der Waals surface area contributed by atoms with Crippen LogP contribution in [0.25, 0.3) is 0 Å². The summed E-state index contributed by atoms with van der Waals surface area (Å²) in [5, 5.41) is 11.3. The Morgan fingerprint density at radius 1 is 1.05 bits per heavy atom. The first-order valence-corrected chi connectivity index (χ1v) is 6.52. The lowest BCUT2D eigenvalue weighted by atomic mass is 9.84. The molecule has 0 fully saturated rings. The van der Waals surface area contributed by atoms with Crippen LogP contribution in [-0.2, 0) is 11.3 Å². The fourth-order valence-electron chi connectivity index (χ4n) is 3.60.